The van der Waals surface area contributed by atoms with Crippen LogP contribution >= 0.6 is 23.8 Å². The summed E-state index contributed by atoms with van der Waals surface area (Å²) in [6.45, 7) is -0.235. The molecule has 2 rings (SSSR count). The van der Waals surface area contributed by atoms with Crippen molar-refractivity contribution in [3.05, 3.63) is 33.8 Å². The molecule has 2 aromatic rings. The highest BCUT2D eigenvalue weighted by atomic mass is 35.5. The Morgan fingerprint density at radius 2 is 2.35 bits per heavy atom. The minimum absolute atomic E-state index is 0.235. The van der Waals surface area contributed by atoms with Gasteiger partial charge in [-0.25, -0.2) is 0 Å². The summed E-state index contributed by atoms with van der Waals surface area (Å²) in [6.07, 6.45) is 0. The highest BCUT2D eigenvalue weighted by Crippen LogP contribution is 2.26. The van der Waals surface area contributed by atoms with Gasteiger partial charge in [0.1, 0.15) is 12.4 Å². The number of aromatic nitrogens is 3. The molecule has 0 unspecified atom stereocenters. The SMILES string of the molecule is COc1ccc(Cl)c(-n2c(CO)n[nH]c2=S)c1. The first-order chi connectivity index (χ1) is 8.17. The van der Waals surface area contributed by atoms with E-state index in [1.165, 1.54) is 0 Å². The van der Waals surface area contributed by atoms with Crippen molar-refractivity contribution in [2.45, 2.75) is 6.61 Å². The molecule has 90 valence electrons. The maximum absolute atomic E-state index is 9.19. The van der Waals surface area contributed by atoms with E-state index in [4.69, 9.17) is 28.6 Å². The van der Waals surface area contributed by atoms with E-state index in [9.17, 15) is 5.11 Å². The summed E-state index contributed by atoms with van der Waals surface area (Å²) in [4.78, 5) is 0. The Morgan fingerprint density at radius 3 is 3.00 bits per heavy atom. The van der Waals surface area contributed by atoms with Gasteiger partial charge in [-0.15, -0.1) is 0 Å². The van der Waals surface area contributed by atoms with Gasteiger partial charge in [-0.1, -0.05) is 11.6 Å². The number of H-pyrrole nitrogens is 1. The molecule has 5 nitrogen and oxygen atoms in total. The number of methoxy groups -OCH3 is 1. The number of ether oxygens (including phenoxy) is 1. The number of aliphatic hydroxyl groups is 1. The lowest BCUT2D eigenvalue weighted by molar-refractivity contribution is 0.268. The number of nitrogens with one attached hydrogen (secondary N) is 1. The first kappa shape index (κ1) is 12.1. The third-order valence-electron chi connectivity index (χ3n) is 2.28. The number of halogens is 1. The summed E-state index contributed by atoms with van der Waals surface area (Å²) in [5.41, 5.74) is 0.619. The fraction of sp³-hybridized carbons (Fsp3) is 0.200. The van der Waals surface area contributed by atoms with Crippen LogP contribution in [-0.2, 0) is 6.61 Å². The number of aromatic amines is 1. The van der Waals surface area contributed by atoms with Crippen LogP contribution in [0.3, 0.4) is 0 Å². The molecule has 1 heterocycles. The van der Waals surface area contributed by atoms with Crippen molar-refractivity contribution >= 4 is 23.8 Å². The molecular weight excluding hydrogens is 262 g/mol. The summed E-state index contributed by atoms with van der Waals surface area (Å²) in [6, 6.07) is 5.17. The predicted octanol–water partition coefficient (Wildman–Crippen LogP) is 2.08. The molecule has 7 heteroatoms. The molecule has 0 saturated heterocycles. The molecule has 17 heavy (non-hydrogen) atoms. The second-order valence-electron chi connectivity index (χ2n) is 3.26. The van der Waals surface area contributed by atoms with Crippen molar-refractivity contribution < 1.29 is 9.84 Å². The van der Waals surface area contributed by atoms with Crippen molar-refractivity contribution in [1.29, 1.82) is 0 Å². The Morgan fingerprint density at radius 1 is 1.59 bits per heavy atom. The van der Waals surface area contributed by atoms with Gasteiger partial charge in [0.15, 0.2) is 10.6 Å². The minimum Gasteiger partial charge on any atom is -0.497 e. The monoisotopic (exact) mass is 271 g/mol. The highest BCUT2D eigenvalue weighted by Gasteiger charge is 2.11. The third kappa shape index (κ3) is 2.19. The molecule has 1 aromatic carbocycles. The number of aliphatic hydroxyl groups excluding tert-OH is 1. The number of benzene rings is 1. The van der Waals surface area contributed by atoms with Crippen LogP contribution in [0.15, 0.2) is 18.2 Å². The third-order valence-corrected chi connectivity index (χ3v) is 2.87. The van der Waals surface area contributed by atoms with Gasteiger partial charge in [0.2, 0.25) is 0 Å². The van der Waals surface area contributed by atoms with Crippen molar-refractivity contribution in [1.82, 2.24) is 14.8 Å². The standard InChI is InChI=1S/C10H10ClN3O2S/c1-16-6-2-3-7(11)8(4-6)14-9(5-15)12-13-10(14)17/h2-4,15H,5H2,1H3,(H,13,17). The first-order valence-corrected chi connectivity index (χ1v) is 5.57. The van der Waals surface area contributed by atoms with Crippen LogP contribution in [0.4, 0.5) is 0 Å². The fourth-order valence-corrected chi connectivity index (χ4v) is 1.93. The van der Waals surface area contributed by atoms with Crippen LogP contribution in [-0.4, -0.2) is 27.0 Å². The largest absolute Gasteiger partial charge is 0.497 e. The molecule has 2 N–H and O–H groups in total. The van der Waals surface area contributed by atoms with Crippen LogP contribution in [0.25, 0.3) is 5.69 Å². The maximum Gasteiger partial charge on any atom is 0.199 e. The van der Waals surface area contributed by atoms with Gasteiger partial charge in [-0.05, 0) is 24.4 Å². The topological polar surface area (TPSA) is 63.1 Å². The second kappa shape index (κ2) is 4.87. The Hall–Kier alpha value is -1.37. The van der Waals surface area contributed by atoms with E-state index >= 15 is 0 Å². The van der Waals surface area contributed by atoms with Gasteiger partial charge < -0.3 is 9.84 Å². The Balaban J connectivity index is 2.66. The van der Waals surface area contributed by atoms with Gasteiger partial charge in [0, 0.05) is 6.07 Å². The molecule has 0 atom stereocenters. The molecule has 0 fully saturated rings. The van der Waals surface area contributed by atoms with Crippen molar-refractivity contribution in [3.8, 4) is 11.4 Å². The molecule has 0 bridgehead atoms. The first-order valence-electron chi connectivity index (χ1n) is 4.78. The average molecular weight is 272 g/mol. The zero-order chi connectivity index (χ0) is 12.4. The Kier molecular flexibility index (Phi) is 3.46. The lowest BCUT2D eigenvalue weighted by Gasteiger charge is -2.09. The lowest BCUT2D eigenvalue weighted by Crippen LogP contribution is -2.02. The molecule has 1 aromatic heterocycles. The second-order valence-corrected chi connectivity index (χ2v) is 4.05. The van der Waals surface area contributed by atoms with Gasteiger partial charge in [0.05, 0.1) is 17.8 Å². The molecular formula is C10H10ClN3O2S. The minimum atomic E-state index is -0.235. The number of hydrogen-bond acceptors (Lipinski definition) is 4. The molecule has 0 aliphatic heterocycles. The van der Waals surface area contributed by atoms with E-state index in [1.807, 2.05) is 0 Å². The van der Waals surface area contributed by atoms with E-state index in [1.54, 1.807) is 29.9 Å². The van der Waals surface area contributed by atoms with E-state index in [0.717, 1.165) is 0 Å². The molecule has 0 aliphatic rings. The summed E-state index contributed by atoms with van der Waals surface area (Å²) < 4.78 is 7.06. The zero-order valence-corrected chi connectivity index (χ0v) is 10.5. The summed E-state index contributed by atoms with van der Waals surface area (Å²) in [7, 11) is 1.56. The lowest BCUT2D eigenvalue weighted by atomic mass is 10.3. The summed E-state index contributed by atoms with van der Waals surface area (Å²) >= 11 is 11.2. The van der Waals surface area contributed by atoms with Crippen molar-refractivity contribution in [2.75, 3.05) is 7.11 Å². The van der Waals surface area contributed by atoms with E-state index < -0.39 is 0 Å². The van der Waals surface area contributed by atoms with Gasteiger partial charge in [-0.2, -0.15) is 5.10 Å². The van der Waals surface area contributed by atoms with Gasteiger partial charge in [0.25, 0.3) is 0 Å². The Labute approximate surface area is 108 Å². The van der Waals surface area contributed by atoms with Crippen LogP contribution in [0.2, 0.25) is 5.02 Å². The van der Waals surface area contributed by atoms with Crippen molar-refractivity contribution in [3.63, 3.8) is 0 Å². The van der Waals surface area contributed by atoms with Crippen LogP contribution in [0.1, 0.15) is 5.82 Å². The molecule has 0 aliphatic carbocycles. The van der Waals surface area contributed by atoms with E-state index in [0.29, 0.717) is 27.1 Å². The smallest absolute Gasteiger partial charge is 0.199 e. The van der Waals surface area contributed by atoms with E-state index in [-0.39, 0.29) is 6.61 Å². The number of hydrogen-bond donors (Lipinski definition) is 2. The average Bonchev–Trinajstić information content (AvgIpc) is 2.71. The van der Waals surface area contributed by atoms with E-state index in [2.05, 4.69) is 10.2 Å². The molecule has 0 amide bonds. The zero-order valence-electron chi connectivity index (χ0n) is 8.98. The summed E-state index contributed by atoms with van der Waals surface area (Å²) in [5, 5.41) is 16.2. The fourth-order valence-electron chi connectivity index (χ4n) is 1.47. The Bertz CT molecular complexity index is 593. The number of rotatable bonds is 3. The quantitative estimate of drug-likeness (QED) is 0.839. The number of nitrogens with zero attached hydrogens (tertiary/aromatic N) is 2. The molecule has 0 radical (unpaired) electrons. The van der Waals surface area contributed by atoms with Crippen LogP contribution < -0.4 is 4.74 Å². The van der Waals surface area contributed by atoms with Crippen LogP contribution in [0.5, 0.6) is 5.75 Å². The van der Waals surface area contributed by atoms with Crippen molar-refractivity contribution in [2.24, 2.45) is 0 Å². The highest BCUT2D eigenvalue weighted by molar-refractivity contribution is 7.71. The van der Waals surface area contributed by atoms with Gasteiger partial charge >= 0.3 is 0 Å². The normalized spacial score (nSPS) is 10.5. The van der Waals surface area contributed by atoms with Crippen LogP contribution in [0, 0.1) is 4.77 Å². The van der Waals surface area contributed by atoms with Gasteiger partial charge in [-0.3, -0.25) is 9.67 Å². The molecule has 0 spiro atoms. The molecule has 0 saturated carbocycles. The maximum atomic E-state index is 9.19. The summed E-state index contributed by atoms with van der Waals surface area (Å²) in [5.74, 6) is 1.04. The predicted molar refractivity (Wildman–Crippen MR) is 66.2 cm³/mol.